The average molecular weight is 805 g/mol. The van der Waals surface area contributed by atoms with Crippen LogP contribution >= 0.6 is 0 Å². The van der Waals surface area contributed by atoms with E-state index in [9.17, 15) is 0 Å². The average Bonchev–Trinajstić information content (AvgIpc) is 4.03. The van der Waals surface area contributed by atoms with Crippen LogP contribution < -0.4 is 4.74 Å². The van der Waals surface area contributed by atoms with Crippen molar-refractivity contribution in [3.8, 4) is 67.7 Å². The van der Waals surface area contributed by atoms with Crippen LogP contribution in [0.25, 0.3) is 88.9 Å². The molecule has 3 heterocycles. The Kier molecular flexibility index (Phi) is 7.12. The first-order chi connectivity index (χ1) is 31.2. The van der Waals surface area contributed by atoms with Gasteiger partial charge in [0.05, 0.1) is 16.8 Å². The summed E-state index contributed by atoms with van der Waals surface area (Å²) in [4.78, 5) is 10.9. The molecule has 0 N–H and O–H groups in total. The molecule has 0 radical (unpaired) electrons. The van der Waals surface area contributed by atoms with Crippen molar-refractivity contribution in [3.63, 3.8) is 0 Å². The standard InChI is InChI=1S/C59H36N2O2/c1-3-18-45-42(14-1)56-43(17-10-21-48(56)59(45)46-19-4-7-23-52(46)63-53-24-8-5-20-47(53)59)50-34-49(40-32-38-13-9-12-36-28-31-39(33-40)55(36)38)60-58(61-50)37-29-26-35(27-30-37)41-16-11-25-54-57(41)44-15-2-6-22-51(44)62-54/h1-27,29-30,32-34H,28,31H2. The number of para-hydroxylation sites is 3. The molecule has 0 atom stereocenters. The number of rotatable bonds is 4. The number of benzene rings is 9. The number of furan rings is 1. The molecule has 0 unspecified atom stereocenters. The van der Waals surface area contributed by atoms with Crippen molar-refractivity contribution < 1.29 is 9.15 Å². The van der Waals surface area contributed by atoms with E-state index in [0.29, 0.717) is 5.82 Å². The molecule has 3 aliphatic rings. The lowest BCUT2D eigenvalue weighted by Crippen LogP contribution is -2.32. The summed E-state index contributed by atoms with van der Waals surface area (Å²) < 4.78 is 12.9. The summed E-state index contributed by atoms with van der Waals surface area (Å²) in [7, 11) is 0. The molecule has 4 nitrogen and oxygen atoms in total. The van der Waals surface area contributed by atoms with E-state index in [1.54, 1.807) is 0 Å². The van der Waals surface area contributed by atoms with Crippen molar-refractivity contribution in [2.24, 2.45) is 0 Å². The summed E-state index contributed by atoms with van der Waals surface area (Å²) >= 11 is 0. The number of fused-ring (bicyclic) bond motifs is 12. The van der Waals surface area contributed by atoms with E-state index in [1.807, 2.05) is 18.2 Å². The van der Waals surface area contributed by atoms with Gasteiger partial charge in [0.25, 0.3) is 0 Å². The molecule has 4 heteroatoms. The maximum Gasteiger partial charge on any atom is 0.160 e. The molecule has 14 rings (SSSR count). The fourth-order valence-electron chi connectivity index (χ4n) is 11.2. The molecule has 63 heavy (non-hydrogen) atoms. The number of hydrogen-bond donors (Lipinski definition) is 0. The van der Waals surface area contributed by atoms with Gasteiger partial charge in [0.1, 0.15) is 22.7 Å². The Morgan fingerprint density at radius 3 is 1.90 bits per heavy atom. The van der Waals surface area contributed by atoms with Gasteiger partial charge in [-0.1, -0.05) is 152 Å². The summed E-state index contributed by atoms with van der Waals surface area (Å²) in [6.45, 7) is 0. The highest BCUT2D eigenvalue weighted by atomic mass is 16.5. The molecule has 2 aromatic heterocycles. The summed E-state index contributed by atoms with van der Waals surface area (Å²) in [6, 6.07) is 69.6. The molecule has 1 spiro atoms. The molecule has 9 aromatic carbocycles. The van der Waals surface area contributed by atoms with Gasteiger partial charge in [0.15, 0.2) is 5.82 Å². The SMILES string of the molecule is c1ccc2c(c1)Oc1ccccc1C21c2ccccc2-c2c(-c3cc(-c4cc5c6c(cccc6c4)CC5)nc(-c4ccc(-c5cccc6oc7ccccc7c56)cc4)n3)cccc21. The Labute approximate surface area is 363 Å². The highest BCUT2D eigenvalue weighted by Gasteiger charge is 2.51. The van der Waals surface area contributed by atoms with Crippen LogP contribution in [0.5, 0.6) is 11.5 Å². The zero-order valence-corrected chi connectivity index (χ0v) is 34.1. The normalized spacial score (nSPS) is 13.8. The molecule has 0 fully saturated rings. The van der Waals surface area contributed by atoms with Crippen molar-refractivity contribution in [3.05, 3.63) is 228 Å². The Hall–Kier alpha value is -8.08. The van der Waals surface area contributed by atoms with Crippen LogP contribution in [0.2, 0.25) is 0 Å². The zero-order chi connectivity index (χ0) is 41.2. The predicted octanol–water partition coefficient (Wildman–Crippen LogP) is 14.8. The van der Waals surface area contributed by atoms with E-state index in [1.165, 1.54) is 44.2 Å². The van der Waals surface area contributed by atoms with E-state index in [2.05, 4.69) is 176 Å². The minimum Gasteiger partial charge on any atom is -0.457 e. The zero-order valence-electron chi connectivity index (χ0n) is 34.1. The molecule has 294 valence electrons. The molecular formula is C59H36N2O2. The molecule has 2 aliphatic carbocycles. The van der Waals surface area contributed by atoms with Crippen LogP contribution in [0.3, 0.4) is 0 Å². The van der Waals surface area contributed by atoms with Crippen LogP contribution in [0.4, 0.5) is 0 Å². The molecule has 0 bridgehead atoms. The molecule has 1 aliphatic heterocycles. The Bertz CT molecular complexity index is 3680. The van der Waals surface area contributed by atoms with Crippen LogP contribution in [0, 0.1) is 0 Å². The molecule has 0 saturated carbocycles. The number of ether oxygens (including phenoxy) is 1. The monoisotopic (exact) mass is 804 g/mol. The third-order valence-electron chi connectivity index (χ3n) is 13.8. The second-order valence-corrected chi connectivity index (χ2v) is 17.1. The van der Waals surface area contributed by atoms with Crippen molar-refractivity contribution in [2.45, 2.75) is 18.3 Å². The number of nitrogens with zero attached hydrogens (tertiary/aromatic N) is 2. The van der Waals surface area contributed by atoms with Gasteiger partial charge in [-0.05, 0) is 111 Å². The summed E-state index contributed by atoms with van der Waals surface area (Å²) in [5.74, 6) is 2.44. The fourth-order valence-corrected chi connectivity index (χ4v) is 11.2. The lowest BCUT2D eigenvalue weighted by molar-refractivity contribution is 0.436. The van der Waals surface area contributed by atoms with Crippen molar-refractivity contribution in [2.75, 3.05) is 0 Å². The van der Waals surface area contributed by atoms with E-state index < -0.39 is 5.41 Å². The maximum absolute atomic E-state index is 6.64. The first-order valence-electron chi connectivity index (χ1n) is 21.8. The Morgan fingerprint density at radius 2 is 1.05 bits per heavy atom. The van der Waals surface area contributed by atoms with Gasteiger partial charge in [0, 0.05) is 38.6 Å². The van der Waals surface area contributed by atoms with Crippen LogP contribution in [0.1, 0.15) is 33.4 Å². The highest BCUT2D eigenvalue weighted by molar-refractivity contribution is 6.12. The maximum atomic E-state index is 6.64. The largest absolute Gasteiger partial charge is 0.457 e. The third kappa shape index (κ3) is 4.86. The number of aryl methyl sites for hydroxylation is 2. The lowest BCUT2D eigenvalue weighted by Gasteiger charge is -2.39. The smallest absolute Gasteiger partial charge is 0.160 e. The van der Waals surface area contributed by atoms with Gasteiger partial charge >= 0.3 is 0 Å². The number of hydrogen-bond acceptors (Lipinski definition) is 4. The summed E-state index contributed by atoms with van der Waals surface area (Å²) in [6.07, 6.45) is 2.10. The second-order valence-electron chi connectivity index (χ2n) is 17.1. The summed E-state index contributed by atoms with van der Waals surface area (Å²) in [5, 5.41) is 4.90. The van der Waals surface area contributed by atoms with E-state index in [-0.39, 0.29) is 0 Å². The Balaban J connectivity index is 0.994. The van der Waals surface area contributed by atoms with Crippen LogP contribution in [-0.2, 0) is 18.3 Å². The van der Waals surface area contributed by atoms with Crippen molar-refractivity contribution >= 4 is 32.7 Å². The molecular weight excluding hydrogens is 769 g/mol. The van der Waals surface area contributed by atoms with Gasteiger partial charge in [0.2, 0.25) is 0 Å². The van der Waals surface area contributed by atoms with Crippen LogP contribution in [0.15, 0.2) is 199 Å². The van der Waals surface area contributed by atoms with Crippen molar-refractivity contribution in [1.82, 2.24) is 9.97 Å². The van der Waals surface area contributed by atoms with Crippen LogP contribution in [-0.4, -0.2) is 9.97 Å². The molecule has 0 saturated heterocycles. The van der Waals surface area contributed by atoms with E-state index in [4.69, 9.17) is 19.1 Å². The third-order valence-corrected chi connectivity index (χ3v) is 13.8. The van der Waals surface area contributed by atoms with Gasteiger partial charge in [-0.2, -0.15) is 0 Å². The van der Waals surface area contributed by atoms with Crippen molar-refractivity contribution in [1.29, 1.82) is 0 Å². The molecule has 11 aromatic rings. The first kappa shape index (κ1) is 34.6. The topological polar surface area (TPSA) is 48.2 Å². The Morgan fingerprint density at radius 1 is 0.413 bits per heavy atom. The number of aromatic nitrogens is 2. The van der Waals surface area contributed by atoms with Gasteiger partial charge in [-0.3, -0.25) is 0 Å². The van der Waals surface area contributed by atoms with E-state index >= 15 is 0 Å². The van der Waals surface area contributed by atoms with Gasteiger partial charge < -0.3 is 9.15 Å². The minimum absolute atomic E-state index is 0.578. The summed E-state index contributed by atoms with van der Waals surface area (Å²) in [5.41, 5.74) is 18.3. The fraction of sp³-hybridized carbons (Fsp3) is 0.0508. The van der Waals surface area contributed by atoms with Gasteiger partial charge in [-0.15, -0.1) is 0 Å². The molecule has 0 amide bonds. The minimum atomic E-state index is -0.578. The first-order valence-corrected chi connectivity index (χ1v) is 21.8. The quantitative estimate of drug-likeness (QED) is 0.178. The highest BCUT2D eigenvalue weighted by Crippen LogP contribution is 2.63. The predicted molar refractivity (Wildman–Crippen MR) is 253 cm³/mol. The lowest BCUT2D eigenvalue weighted by atomic mass is 9.66. The second kappa shape index (κ2) is 13.0. The van der Waals surface area contributed by atoms with E-state index in [0.717, 1.165) is 96.6 Å². The van der Waals surface area contributed by atoms with Gasteiger partial charge in [-0.25, -0.2) is 9.97 Å².